The van der Waals surface area contributed by atoms with Crippen LogP contribution >= 0.6 is 0 Å². The van der Waals surface area contributed by atoms with Crippen LogP contribution in [-0.4, -0.2) is 16.0 Å². The molecule has 0 aliphatic heterocycles. The highest BCUT2D eigenvalue weighted by atomic mass is 15.1. The van der Waals surface area contributed by atoms with Crippen molar-refractivity contribution in [3.63, 3.8) is 0 Å². The van der Waals surface area contributed by atoms with Gasteiger partial charge in [-0.2, -0.15) is 0 Å². The summed E-state index contributed by atoms with van der Waals surface area (Å²) in [4.78, 5) is 9.34. The molecule has 4 nitrogen and oxygen atoms in total. The summed E-state index contributed by atoms with van der Waals surface area (Å²) in [5.74, 6) is 2.37. The molecule has 0 atom stereocenters. The average Bonchev–Trinajstić information content (AvgIpc) is 2.60. The molecule has 25 heavy (non-hydrogen) atoms. The maximum absolute atomic E-state index is 4.69. The molecule has 0 amide bonds. The van der Waals surface area contributed by atoms with Crippen molar-refractivity contribution in [2.75, 3.05) is 10.6 Å². The number of aromatic nitrogens is 2. The fraction of sp³-hybridized carbons (Fsp3) is 0.238. The Morgan fingerprint density at radius 3 is 2.36 bits per heavy atom. The van der Waals surface area contributed by atoms with Crippen molar-refractivity contribution in [2.45, 2.75) is 33.4 Å². The van der Waals surface area contributed by atoms with Gasteiger partial charge in [0, 0.05) is 24.2 Å². The summed E-state index contributed by atoms with van der Waals surface area (Å²) in [7, 11) is 0. The maximum atomic E-state index is 4.69. The molecule has 0 aliphatic rings. The molecular weight excluding hydrogens is 308 g/mol. The molecule has 0 saturated heterocycles. The van der Waals surface area contributed by atoms with Crippen LogP contribution < -0.4 is 10.6 Å². The van der Waals surface area contributed by atoms with Gasteiger partial charge in [-0.25, -0.2) is 9.97 Å². The minimum atomic E-state index is 0.308. The van der Waals surface area contributed by atoms with Gasteiger partial charge in [-0.1, -0.05) is 60.2 Å². The lowest BCUT2D eigenvalue weighted by molar-refractivity contribution is 0.887. The predicted molar refractivity (Wildman–Crippen MR) is 105 cm³/mol. The molecule has 128 valence electrons. The second-order valence-electron chi connectivity index (χ2n) is 6.47. The zero-order valence-electron chi connectivity index (χ0n) is 15.0. The first kappa shape index (κ1) is 17.0. The van der Waals surface area contributed by atoms with E-state index in [0.717, 1.165) is 29.6 Å². The van der Waals surface area contributed by atoms with Crippen LogP contribution in [0.5, 0.6) is 0 Å². The number of anilines is 2. The van der Waals surface area contributed by atoms with Gasteiger partial charge in [-0.15, -0.1) is 0 Å². The summed E-state index contributed by atoms with van der Waals surface area (Å²) in [6.45, 7) is 7.04. The molecule has 0 unspecified atom stereocenters. The molecule has 4 heteroatoms. The highest BCUT2D eigenvalue weighted by Gasteiger charge is 2.08. The topological polar surface area (TPSA) is 49.8 Å². The number of rotatable bonds is 6. The molecule has 3 aromatic rings. The molecule has 0 radical (unpaired) electrons. The van der Waals surface area contributed by atoms with Crippen LogP contribution in [0.15, 0.2) is 60.7 Å². The Balaban J connectivity index is 1.86. The van der Waals surface area contributed by atoms with Crippen LogP contribution in [0.3, 0.4) is 0 Å². The Kier molecular flexibility index (Phi) is 5.29. The lowest BCUT2D eigenvalue weighted by atomic mass is 10.1. The highest BCUT2D eigenvalue weighted by Crippen LogP contribution is 2.21. The summed E-state index contributed by atoms with van der Waals surface area (Å²) >= 11 is 0. The van der Waals surface area contributed by atoms with Crippen LogP contribution in [0.1, 0.15) is 25.0 Å². The van der Waals surface area contributed by atoms with Gasteiger partial charge in [0.25, 0.3) is 0 Å². The number of nitrogens with zero attached hydrogens (tertiary/aromatic N) is 2. The number of aryl methyl sites for hydroxylation is 1. The van der Waals surface area contributed by atoms with Gasteiger partial charge >= 0.3 is 0 Å². The van der Waals surface area contributed by atoms with Crippen molar-refractivity contribution in [1.29, 1.82) is 0 Å². The Bertz CT molecular complexity index is 828. The van der Waals surface area contributed by atoms with E-state index in [0.29, 0.717) is 6.04 Å². The standard InChI is InChI=1S/C21H24N4/c1-15(2)23-20-13-19(22-14-17-9-7-8-16(3)12-17)24-21(25-20)18-10-5-4-6-11-18/h4-13,15H,14H2,1-3H3,(H2,22,23,24,25). The van der Waals surface area contributed by atoms with Crippen molar-refractivity contribution < 1.29 is 0 Å². The fourth-order valence-corrected chi connectivity index (χ4v) is 2.64. The number of nitrogens with one attached hydrogen (secondary N) is 2. The molecule has 0 spiro atoms. The van der Waals surface area contributed by atoms with E-state index in [1.165, 1.54) is 11.1 Å². The van der Waals surface area contributed by atoms with E-state index in [9.17, 15) is 0 Å². The molecule has 2 N–H and O–H groups in total. The average molecular weight is 332 g/mol. The molecule has 0 fully saturated rings. The number of hydrogen-bond acceptors (Lipinski definition) is 4. The SMILES string of the molecule is Cc1cccc(CNc2cc(NC(C)C)nc(-c3ccccc3)n2)c1. The first-order valence-corrected chi connectivity index (χ1v) is 8.60. The third-order valence-electron chi connectivity index (χ3n) is 3.75. The van der Waals surface area contributed by atoms with E-state index in [-0.39, 0.29) is 0 Å². The summed E-state index contributed by atoms with van der Waals surface area (Å²) < 4.78 is 0. The minimum Gasteiger partial charge on any atom is -0.368 e. The van der Waals surface area contributed by atoms with Crippen molar-refractivity contribution in [2.24, 2.45) is 0 Å². The summed E-state index contributed by atoms with van der Waals surface area (Å²) in [5.41, 5.74) is 3.50. The molecule has 0 bridgehead atoms. The molecule has 1 heterocycles. The normalized spacial score (nSPS) is 10.7. The van der Waals surface area contributed by atoms with Crippen LogP contribution in [0.25, 0.3) is 11.4 Å². The Morgan fingerprint density at radius 2 is 1.64 bits per heavy atom. The van der Waals surface area contributed by atoms with E-state index >= 15 is 0 Å². The smallest absolute Gasteiger partial charge is 0.163 e. The lowest BCUT2D eigenvalue weighted by Crippen LogP contribution is -2.13. The first-order valence-electron chi connectivity index (χ1n) is 8.60. The zero-order valence-corrected chi connectivity index (χ0v) is 15.0. The number of benzene rings is 2. The van der Waals surface area contributed by atoms with Gasteiger partial charge < -0.3 is 10.6 Å². The third kappa shape index (κ3) is 4.80. The van der Waals surface area contributed by atoms with Gasteiger partial charge in [-0.05, 0) is 26.3 Å². The highest BCUT2D eigenvalue weighted by molar-refractivity contribution is 5.61. The Labute approximate surface area is 149 Å². The summed E-state index contributed by atoms with van der Waals surface area (Å²) in [6.07, 6.45) is 0. The van der Waals surface area contributed by atoms with E-state index in [2.05, 4.69) is 65.6 Å². The Morgan fingerprint density at radius 1 is 0.880 bits per heavy atom. The minimum absolute atomic E-state index is 0.308. The van der Waals surface area contributed by atoms with Crippen molar-refractivity contribution in [3.05, 3.63) is 71.8 Å². The first-order chi connectivity index (χ1) is 12.1. The Hall–Kier alpha value is -2.88. The van der Waals surface area contributed by atoms with E-state index in [1.807, 2.05) is 36.4 Å². The molecule has 1 aromatic heterocycles. The van der Waals surface area contributed by atoms with Gasteiger partial charge in [0.05, 0.1) is 0 Å². The molecule has 3 rings (SSSR count). The quantitative estimate of drug-likeness (QED) is 0.675. The largest absolute Gasteiger partial charge is 0.368 e. The van der Waals surface area contributed by atoms with Gasteiger partial charge in [-0.3, -0.25) is 0 Å². The number of hydrogen-bond donors (Lipinski definition) is 2. The van der Waals surface area contributed by atoms with Crippen molar-refractivity contribution in [3.8, 4) is 11.4 Å². The van der Waals surface area contributed by atoms with E-state index < -0.39 is 0 Å². The molecule has 0 saturated carbocycles. The fourth-order valence-electron chi connectivity index (χ4n) is 2.64. The van der Waals surface area contributed by atoms with Crippen LogP contribution in [0.4, 0.5) is 11.6 Å². The summed E-state index contributed by atoms with van der Waals surface area (Å²) in [6, 6.07) is 20.8. The van der Waals surface area contributed by atoms with Crippen LogP contribution in [-0.2, 0) is 6.54 Å². The predicted octanol–water partition coefficient (Wildman–Crippen LogP) is 4.88. The second kappa shape index (κ2) is 7.79. The van der Waals surface area contributed by atoms with E-state index in [4.69, 9.17) is 0 Å². The van der Waals surface area contributed by atoms with Crippen LogP contribution in [0, 0.1) is 6.92 Å². The van der Waals surface area contributed by atoms with Gasteiger partial charge in [0.2, 0.25) is 0 Å². The van der Waals surface area contributed by atoms with Crippen molar-refractivity contribution >= 4 is 11.6 Å². The maximum Gasteiger partial charge on any atom is 0.163 e. The van der Waals surface area contributed by atoms with Gasteiger partial charge in [0.15, 0.2) is 5.82 Å². The zero-order chi connectivity index (χ0) is 17.6. The summed E-state index contributed by atoms with van der Waals surface area (Å²) in [5, 5.41) is 6.79. The van der Waals surface area contributed by atoms with E-state index in [1.54, 1.807) is 0 Å². The second-order valence-corrected chi connectivity index (χ2v) is 6.47. The van der Waals surface area contributed by atoms with Gasteiger partial charge in [0.1, 0.15) is 11.6 Å². The third-order valence-corrected chi connectivity index (χ3v) is 3.75. The monoisotopic (exact) mass is 332 g/mol. The van der Waals surface area contributed by atoms with Crippen LogP contribution in [0.2, 0.25) is 0 Å². The van der Waals surface area contributed by atoms with Crippen molar-refractivity contribution in [1.82, 2.24) is 9.97 Å². The molecule has 2 aromatic carbocycles. The molecule has 0 aliphatic carbocycles. The lowest BCUT2D eigenvalue weighted by Gasteiger charge is -2.13. The molecular formula is C21H24N4.